The number of hydrogen-bond donors (Lipinski definition) is 3. The topological polar surface area (TPSA) is 77.0 Å². The minimum absolute atomic E-state index is 0.372. The van der Waals surface area contributed by atoms with Gasteiger partial charge in [-0.1, -0.05) is 6.92 Å². The molecule has 5 heteroatoms. The Morgan fingerprint density at radius 3 is 2.82 bits per heavy atom. The number of hydrogen-bond acceptors (Lipinski definition) is 5. The Labute approximate surface area is 105 Å². The molecule has 2 aromatic heterocycles. The zero-order valence-electron chi connectivity index (χ0n) is 9.73. The number of aromatic nitrogens is 1. The summed E-state index contributed by atoms with van der Waals surface area (Å²) in [4.78, 5) is 5.51. The fourth-order valence-electron chi connectivity index (χ4n) is 1.59. The van der Waals surface area contributed by atoms with Crippen molar-refractivity contribution in [3.8, 4) is 0 Å². The molecule has 0 spiro atoms. The molecule has 90 valence electrons. The first kappa shape index (κ1) is 11.7. The van der Waals surface area contributed by atoms with E-state index in [-0.39, 0.29) is 0 Å². The Balaban J connectivity index is 2.05. The first-order chi connectivity index (χ1) is 8.20. The average Bonchev–Trinajstić information content (AvgIpc) is 2.78. The third-order valence-corrected chi connectivity index (χ3v) is 3.57. The van der Waals surface area contributed by atoms with Crippen LogP contribution < -0.4 is 16.8 Å². The second kappa shape index (κ2) is 5.05. The summed E-state index contributed by atoms with van der Waals surface area (Å²) in [6.07, 6.45) is 1.05. The van der Waals surface area contributed by atoms with Crippen molar-refractivity contribution in [1.82, 2.24) is 4.98 Å². The molecule has 0 saturated heterocycles. The van der Waals surface area contributed by atoms with Crippen molar-refractivity contribution in [3.63, 3.8) is 0 Å². The largest absolute Gasteiger partial charge is 0.396 e. The molecule has 0 aromatic carbocycles. The maximum Gasteiger partial charge on any atom is 0.149 e. The Kier molecular flexibility index (Phi) is 3.49. The van der Waals surface area contributed by atoms with Crippen LogP contribution in [0.3, 0.4) is 0 Å². The molecule has 0 unspecified atom stereocenters. The highest BCUT2D eigenvalue weighted by Gasteiger charge is 2.03. The number of nitrogen functional groups attached to an aromatic ring is 2. The second-order valence-corrected chi connectivity index (χ2v) is 4.75. The van der Waals surface area contributed by atoms with Gasteiger partial charge in [0.1, 0.15) is 11.6 Å². The summed E-state index contributed by atoms with van der Waals surface area (Å²) < 4.78 is 0. The number of thiophene rings is 1. The minimum atomic E-state index is 0.372. The van der Waals surface area contributed by atoms with Crippen molar-refractivity contribution >= 4 is 28.7 Å². The average molecular weight is 248 g/mol. The summed E-state index contributed by atoms with van der Waals surface area (Å²) in [5, 5.41) is 5.37. The molecular weight excluding hydrogens is 232 g/mol. The zero-order valence-corrected chi connectivity index (χ0v) is 10.6. The molecule has 4 nitrogen and oxygen atoms in total. The highest BCUT2D eigenvalue weighted by molar-refractivity contribution is 7.10. The minimum Gasteiger partial charge on any atom is -0.396 e. The fraction of sp³-hybridized carbons (Fsp3) is 0.250. The summed E-state index contributed by atoms with van der Waals surface area (Å²) in [6, 6.07) is 5.76. The summed E-state index contributed by atoms with van der Waals surface area (Å²) in [5.74, 6) is 1.13. The third-order valence-electron chi connectivity index (χ3n) is 2.61. The van der Waals surface area contributed by atoms with E-state index in [1.165, 1.54) is 10.4 Å². The van der Waals surface area contributed by atoms with E-state index in [0.717, 1.165) is 18.8 Å². The second-order valence-electron chi connectivity index (χ2n) is 3.75. The highest BCUT2D eigenvalue weighted by Crippen LogP contribution is 2.20. The van der Waals surface area contributed by atoms with Crippen molar-refractivity contribution in [3.05, 3.63) is 34.0 Å². The first-order valence-electron chi connectivity index (χ1n) is 5.51. The van der Waals surface area contributed by atoms with Gasteiger partial charge in [0.25, 0.3) is 0 Å². The SMILES string of the molecule is CCc1ccsc1CNc1ccc(N)c(N)n1. The number of nitrogens with one attached hydrogen (secondary N) is 1. The van der Waals surface area contributed by atoms with E-state index in [0.29, 0.717) is 11.5 Å². The van der Waals surface area contributed by atoms with Gasteiger partial charge in [-0.3, -0.25) is 0 Å². The van der Waals surface area contributed by atoms with Crippen LogP contribution in [0.15, 0.2) is 23.6 Å². The van der Waals surface area contributed by atoms with Crippen molar-refractivity contribution in [1.29, 1.82) is 0 Å². The van der Waals surface area contributed by atoms with Gasteiger partial charge in [-0.2, -0.15) is 0 Å². The lowest BCUT2D eigenvalue weighted by Crippen LogP contribution is -2.04. The van der Waals surface area contributed by atoms with E-state index >= 15 is 0 Å². The smallest absolute Gasteiger partial charge is 0.149 e. The lowest BCUT2D eigenvalue weighted by atomic mass is 10.2. The van der Waals surface area contributed by atoms with Crippen LogP contribution in [0.4, 0.5) is 17.3 Å². The van der Waals surface area contributed by atoms with Crippen LogP contribution >= 0.6 is 11.3 Å². The fourth-order valence-corrected chi connectivity index (χ4v) is 2.51. The molecule has 0 atom stereocenters. The van der Waals surface area contributed by atoms with Crippen LogP contribution in [0.25, 0.3) is 0 Å². The standard InChI is InChI=1S/C12H16N4S/c1-2-8-5-6-17-10(8)7-15-11-4-3-9(13)12(14)16-11/h3-6H,2,7,13H2,1H3,(H3,14,15,16). The van der Waals surface area contributed by atoms with Crippen LogP contribution in [0.2, 0.25) is 0 Å². The van der Waals surface area contributed by atoms with Crippen molar-refractivity contribution in [2.24, 2.45) is 0 Å². The molecule has 2 heterocycles. The molecule has 17 heavy (non-hydrogen) atoms. The molecular formula is C12H16N4S. The quantitative estimate of drug-likeness (QED) is 0.777. The van der Waals surface area contributed by atoms with E-state index in [1.54, 1.807) is 17.4 Å². The maximum absolute atomic E-state index is 5.65. The van der Waals surface area contributed by atoms with Gasteiger partial charge >= 0.3 is 0 Å². The van der Waals surface area contributed by atoms with Gasteiger partial charge in [0, 0.05) is 4.88 Å². The first-order valence-corrected chi connectivity index (χ1v) is 6.39. The van der Waals surface area contributed by atoms with Crippen LogP contribution in [-0.2, 0) is 13.0 Å². The Morgan fingerprint density at radius 1 is 1.29 bits per heavy atom. The summed E-state index contributed by atoms with van der Waals surface area (Å²) in [6.45, 7) is 2.93. The van der Waals surface area contributed by atoms with E-state index in [1.807, 2.05) is 6.07 Å². The molecule has 0 aliphatic carbocycles. The summed E-state index contributed by atoms with van der Waals surface area (Å²) in [5.41, 5.74) is 13.2. The Bertz CT molecular complexity index is 507. The molecule has 0 saturated carbocycles. The van der Waals surface area contributed by atoms with E-state index in [4.69, 9.17) is 11.5 Å². The van der Waals surface area contributed by atoms with Gasteiger partial charge in [0.05, 0.1) is 12.2 Å². The molecule has 0 aliphatic rings. The Hall–Kier alpha value is -1.75. The van der Waals surface area contributed by atoms with Gasteiger partial charge in [-0.05, 0) is 35.6 Å². The number of rotatable bonds is 4. The third kappa shape index (κ3) is 2.68. The van der Waals surface area contributed by atoms with E-state index in [9.17, 15) is 0 Å². The predicted molar refractivity (Wildman–Crippen MR) is 74.1 cm³/mol. The molecule has 0 radical (unpaired) electrons. The lowest BCUT2D eigenvalue weighted by Gasteiger charge is -2.07. The van der Waals surface area contributed by atoms with Gasteiger partial charge in [0.2, 0.25) is 0 Å². The molecule has 0 bridgehead atoms. The molecule has 5 N–H and O–H groups in total. The van der Waals surface area contributed by atoms with Crippen LogP contribution in [0.1, 0.15) is 17.4 Å². The highest BCUT2D eigenvalue weighted by atomic mass is 32.1. The van der Waals surface area contributed by atoms with Crippen LogP contribution in [-0.4, -0.2) is 4.98 Å². The van der Waals surface area contributed by atoms with E-state index in [2.05, 4.69) is 28.7 Å². The van der Waals surface area contributed by atoms with Crippen molar-refractivity contribution < 1.29 is 0 Å². The number of nitrogens with two attached hydrogens (primary N) is 2. The summed E-state index contributed by atoms with van der Waals surface area (Å²) in [7, 11) is 0. The number of aryl methyl sites for hydroxylation is 1. The lowest BCUT2D eigenvalue weighted by molar-refractivity contribution is 1.07. The van der Waals surface area contributed by atoms with Crippen molar-refractivity contribution in [2.45, 2.75) is 19.9 Å². The predicted octanol–water partition coefficient (Wildman–Crippen LogP) is 2.48. The molecule has 2 aromatic rings. The van der Waals surface area contributed by atoms with E-state index < -0.39 is 0 Å². The number of nitrogens with zero attached hydrogens (tertiary/aromatic N) is 1. The molecule has 2 rings (SSSR count). The number of anilines is 3. The van der Waals surface area contributed by atoms with Crippen LogP contribution in [0.5, 0.6) is 0 Å². The molecule has 0 amide bonds. The van der Waals surface area contributed by atoms with Gasteiger partial charge < -0.3 is 16.8 Å². The summed E-state index contributed by atoms with van der Waals surface area (Å²) >= 11 is 1.75. The molecule has 0 fully saturated rings. The van der Waals surface area contributed by atoms with Crippen LogP contribution in [0, 0.1) is 0 Å². The normalized spacial score (nSPS) is 10.4. The van der Waals surface area contributed by atoms with Gasteiger partial charge in [0.15, 0.2) is 0 Å². The Morgan fingerprint density at radius 2 is 2.12 bits per heavy atom. The maximum atomic E-state index is 5.65. The zero-order chi connectivity index (χ0) is 12.3. The van der Waals surface area contributed by atoms with Crippen molar-refractivity contribution in [2.75, 3.05) is 16.8 Å². The van der Waals surface area contributed by atoms with Gasteiger partial charge in [-0.15, -0.1) is 11.3 Å². The monoisotopic (exact) mass is 248 g/mol. The molecule has 0 aliphatic heterocycles. The number of pyridine rings is 1. The van der Waals surface area contributed by atoms with Gasteiger partial charge in [-0.25, -0.2) is 4.98 Å².